The number of hydrogen-bond donors (Lipinski definition) is 1. The number of benzene rings is 1. The second kappa shape index (κ2) is 5.45. The van der Waals surface area contributed by atoms with Crippen LogP contribution in [0.2, 0.25) is 0 Å². The van der Waals surface area contributed by atoms with Crippen molar-refractivity contribution in [2.24, 2.45) is 17.6 Å². The van der Waals surface area contributed by atoms with Crippen molar-refractivity contribution in [3.8, 4) is 0 Å². The number of primary amides is 1. The standard InChI is InChI=1S/C18H26N2O/c1-13-11-20(12-14-6-7-14)9-8-18(13,2)16-5-3-4-15(10-16)17(19)21/h3-5,10,13-14H,6-9,11-12H2,1-2H3,(H2,19,21)/t13-,18+/m0/s1. The Bertz CT molecular complexity index is 538. The largest absolute Gasteiger partial charge is 0.366 e. The summed E-state index contributed by atoms with van der Waals surface area (Å²) in [7, 11) is 0. The van der Waals surface area contributed by atoms with Crippen LogP contribution in [0.3, 0.4) is 0 Å². The van der Waals surface area contributed by atoms with Crippen LogP contribution < -0.4 is 5.73 Å². The van der Waals surface area contributed by atoms with E-state index in [1.807, 2.05) is 18.2 Å². The van der Waals surface area contributed by atoms with Gasteiger partial charge >= 0.3 is 0 Å². The smallest absolute Gasteiger partial charge is 0.248 e. The lowest BCUT2D eigenvalue weighted by Gasteiger charge is -2.45. The van der Waals surface area contributed by atoms with E-state index in [1.54, 1.807) is 0 Å². The lowest BCUT2D eigenvalue weighted by Crippen LogP contribution is -2.47. The summed E-state index contributed by atoms with van der Waals surface area (Å²) in [6, 6.07) is 7.92. The first-order valence-electron chi connectivity index (χ1n) is 8.12. The van der Waals surface area contributed by atoms with Crippen LogP contribution >= 0.6 is 0 Å². The van der Waals surface area contributed by atoms with Gasteiger partial charge in [-0.05, 0) is 60.8 Å². The average Bonchev–Trinajstić information content (AvgIpc) is 3.27. The van der Waals surface area contributed by atoms with Crippen LogP contribution in [-0.2, 0) is 5.41 Å². The fourth-order valence-electron chi connectivity index (χ4n) is 3.60. The molecule has 0 radical (unpaired) electrons. The van der Waals surface area contributed by atoms with Crippen LogP contribution in [0.25, 0.3) is 0 Å². The maximum Gasteiger partial charge on any atom is 0.248 e. The second-order valence-electron chi connectivity index (χ2n) is 7.22. The van der Waals surface area contributed by atoms with E-state index in [1.165, 1.54) is 24.9 Å². The van der Waals surface area contributed by atoms with E-state index in [9.17, 15) is 4.79 Å². The Morgan fingerprint density at radius 2 is 2.19 bits per heavy atom. The predicted octanol–water partition coefficient (Wildman–Crippen LogP) is 2.79. The van der Waals surface area contributed by atoms with Crippen LogP contribution in [0.5, 0.6) is 0 Å². The van der Waals surface area contributed by atoms with Crippen LogP contribution in [0.1, 0.15) is 49.0 Å². The van der Waals surface area contributed by atoms with Crippen molar-refractivity contribution in [3.63, 3.8) is 0 Å². The van der Waals surface area contributed by atoms with Gasteiger partial charge in [-0.2, -0.15) is 0 Å². The van der Waals surface area contributed by atoms with Gasteiger partial charge in [0.25, 0.3) is 0 Å². The third kappa shape index (κ3) is 2.98. The first kappa shape index (κ1) is 14.6. The normalized spacial score (nSPS) is 30.3. The molecule has 3 rings (SSSR count). The van der Waals surface area contributed by atoms with Crippen molar-refractivity contribution in [3.05, 3.63) is 35.4 Å². The van der Waals surface area contributed by atoms with Crippen LogP contribution in [0, 0.1) is 11.8 Å². The molecule has 2 aliphatic rings. The summed E-state index contributed by atoms with van der Waals surface area (Å²) < 4.78 is 0. The number of rotatable bonds is 4. The molecular formula is C18H26N2O. The molecular weight excluding hydrogens is 260 g/mol. The van der Waals surface area contributed by atoms with Crippen LogP contribution in [0.15, 0.2) is 24.3 Å². The zero-order valence-electron chi connectivity index (χ0n) is 13.1. The molecule has 3 heteroatoms. The Kier molecular flexibility index (Phi) is 3.78. The molecule has 1 aromatic rings. The average molecular weight is 286 g/mol. The van der Waals surface area contributed by atoms with Gasteiger partial charge in [-0.3, -0.25) is 4.79 Å². The molecule has 0 aromatic heterocycles. The van der Waals surface area contributed by atoms with E-state index in [-0.39, 0.29) is 11.3 Å². The Morgan fingerprint density at radius 3 is 2.81 bits per heavy atom. The molecule has 1 aromatic carbocycles. The van der Waals surface area contributed by atoms with Gasteiger partial charge in [-0.15, -0.1) is 0 Å². The van der Waals surface area contributed by atoms with E-state index < -0.39 is 0 Å². The summed E-state index contributed by atoms with van der Waals surface area (Å²) in [5, 5.41) is 0. The number of amides is 1. The molecule has 1 heterocycles. The van der Waals surface area contributed by atoms with Crippen LogP contribution in [0.4, 0.5) is 0 Å². The minimum absolute atomic E-state index is 0.144. The maximum atomic E-state index is 11.4. The third-order valence-electron chi connectivity index (χ3n) is 5.59. The molecule has 3 nitrogen and oxygen atoms in total. The topological polar surface area (TPSA) is 46.3 Å². The number of carbonyl (C=O) groups excluding carboxylic acids is 1. The van der Waals surface area contributed by atoms with Gasteiger partial charge in [-0.1, -0.05) is 26.0 Å². The molecule has 1 aliphatic carbocycles. The van der Waals surface area contributed by atoms with Gasteiger partial charge in [0.05, 0.1) is 0 Å². The van der Waals surface area contributed by atoms with Gasteiger partial charge in [0.1, 0.15) is 0 Å². The highest BCUT2D eigenvalue weighted by Crippen LogP contribution is 2.40. The Hall–Kier alpha value is -1.35. The highest BCUT2D eigenvalue weighted by atomic mass is 16.1. The van der Waals surface area contributed by atoms with Gasteiger partial charge in [0.15, 0.2) is 0 Å². The van der Waals surface area contributed by atoms with Gasteiger partial charge in [0.2, 0.25) is 5.91 Å². The molecule has 2 atom stereocenters. The molecule has 21 heavy (non-hydrogen) atoms. The number of carbonyl (C=O) groups is 1. The number of nitrogens with zero attached hydrogens (tertiary/aromatic N) is 1. The van der Waals surface area contributed by atoms with Crippen molar-refractivity contribution >= 4 is 5.91 Å². The zero-order chi connectivity index (χ0) is 15.0. The predicted molar refractivity (Wildman–Crippen MR) is 85.3 cm³/mol. The summed E-state index contributed by atoms with van der Waals surface area (Å²) in [5.74, 6) is 1.21. The Labute approximate surface area is 127 Å². The molecule has 2 N–H and O–H groups in total. The molecule has 0 bridgehead atoms. The van der Waals surface area contributed by atoms with E-state index in [0.717, 1.165) is 25.4 Å². The Morgan fingerprint density at radius 1 is 1.43 bits per heavy atom. The summed E-state index contributed by atoms with van der Waals surface area (Å²) in [4.78, 5) is 14.0. The van der Waals surface area contributed by atoms with Crippen molar-refractivity contribution in [2.45, 2.75) is 38.5 Å². The quantitative estimate of drug-likeness (QED) is 0.925. The van der Waals surface area contributed by atoms with Gasteiger partial charge in [-0.25, -0.2) is 0 Å². The first-order valence-corrected chi connectivity index (χ1v) is 8.12. The third-order valence-corrected chi connectivity index (χ3v) is 5.59. The van der Waals surface area contributed by atoms with Crippen molar-refractivity contribution in [1.29, 1.82) is 0 Å². The maximum absolute atomic E-state index is 11.4. The van der Waals surface area contributed by atoms with Gasteiger partial charge < -0.3 is 10.6 Å². The molecule has 114 valence electrons. The van der Waals surface area contributed by atoms with Crippen molar-refractivity contribution in [1.82, 2.24) is 4.90 Å². The van der Waals surface area contributed by atoms with E-state index >= 15 is 0 Å². The number of piperidine rings is 1. The fraction of sp³-hybridized carbons (Fsp3) is 0.611. The summed E-state index contributed by atoms with van der Waals surface area (Å²) in [6.45, 7) is 8.29. The molecule has 0 spiro atoms. The molecule has 1 amide bonds. The molecule has 1 aliphatic heterocycles. The monoisotopic (exact) mass is 286 g/mol. The minimum atomic E-state index is -0.334. The number of hydrogen-bond acceptors (Lipinski definition) is 2. The molecule has 0 unspecified atom stereocenters. The van der Waals surface area contributed by atoms with E-state index in [0.29, 0.717) is 11.5 Å². The summed E-state index contributed by atoms with van der Waals surface area (Å²) >= 11 is 0. The number of nitrogens with two attached hydrogens (primary N) is 1. The lowest BCUT2D eigenvalue weighted by atomic mass is 9.68. The van der Waals surface area contributed by atoms with Crippen molar-refractivity contribution in [2.75, 3.05) is 19.6 Å². The van der Waals surface area contributed by atoms with Gasteiger partial charge in [0, 0.05) is 18.7 Å². The zero-order valence-corrected chi connectivity index (χ0v) is 13.1. The summed E-state index contributed by atoms with van der Waals surface area (Å²) in [5.41, 5.74) is 7.46. The molecule has 2 fully saturated rings. The SMILES string of the molecule is C[C@H]1CN(CC2CC2)CC[C@@]1(C)c1cccc(C(N)=O)c1. The highest BCUT2D eigenvalue weighted by Gasteiger charge is 2.39. The second-order valence-corrected chi connectivity index (χ2v) is 7.22. The molecule has 1 saturated heterocycles. The summed E-state index contributed by atoms with van der Waals surface area (Å²) in [6.07, 6.45) is 3.99. The molecule has 1 saturated carbocycles. The Balaban J connectivity index is 1.77. The van der Waals surface area contributed by atoms with Crippen molar-refractivity contribution < 1.29 is 4.79 Å². The fourth-order valence-corrected chi connectivity index (χ4v) is 3.60. The highest BCUT2D eigenvalue weighted by molar-refractivity contribution is 5.92. The minimum Gasteiger partial charge on any atom is -0.366 e. The van der Waals surface area contributed by atoms with E-state index in [4.69, 9.17) is 5.73 Å². The first-order chi connectivity index (χ1) is 9.99. The number of likely N-dealkylation sites (tertiary alicyclic amines) is 1. The lowest BCUT2D eigenvalue weighted by molar-refractivity contribution is 0.0997. The van der Waals surface area contributed by atoms with E-state index in [2.05, 4.69) is 24.8 Å². The van der Waals surface area contributed by atoms with Crippen LogP contribution in [-0.4, -0.2) is 30.4 Å².